The number of benzene rings is 1. The average Bonchev–Trinajstić information content (AvgIpc) is 3.64. The normalized spacial score (nSPS) is 14.8. The maximum atomic E-state index is 13.4. The lowest BCUT2D eigenvalue weighted by molar-refractivity contribution is -0.138. The molecule has 9 nitrogen and oxygen atoms in total. The third kappa shape index (κ3) is 5.90. The highest BCUT2D eigenvalue weighted by Gasteiger charge is 2.51. The van der Waals surface area contributed by atoms with E-state index in [0.717, 1.165) is 12.1 Å². The Labute approximate surface area is 209 Å². The van der Waals surface area contributed by atoms with Crippen molar-refractivity contribution in [3.63, 3.8) is 0 Å². The molecular formula is C25H23F3N4O5. The van der Waals surface area contributed by atoms with Gasteiger partial charge in [0.1, 0.15) is 34.1 Å². The molecule has 0 radical (unpaired) electrons. The molecule has 1 aromatic carbocycles. The smallest absolute Gasteiger partial charge is 0.420 e. The van der Waals surface area contributed by atoms with Crippen LogP contribution < -0.4 is 20.1 Å². The van der Waals surface area contributed by atoms with Gasteiger partial charge in [0.25, 0.3) is 5.91 Å². The van der Waals surface area contributed by atoms with Crippen molar-refractivity contribution in [3.05, 3.63) is 71.8 Å². The van der Waals surface area contributed by atoms with Crippen LogP contribution in [0.2, 0.25) is 0 Å². The Hall–Kier alpha value is -4.35. The van der Waals surface area contributed by atoms with Crippen LogP contribution in [0, 0.1) is 0 Å². The molecule has 2 heterocycles. The topological polar surface area (TPSA) is 123 Å². The van der Waals surface area contributed by atoms with Gasteiger partial charge in [-0.2, -0.15) is 13.2 Å². The van der Waals surface area contributed by atoms with Gasteiger partial charge < -0.3 is 25.2 Å². The van der Waals surface area contributed by atoms with Crippen LogP contribution in [-0.4, -0.2) is 39.5 Å². The van der Waals surface area contributed by atoms with Gasteiger partial charge in [0.05, 0.1) is 36.8 Å². The number of pyridine rings is 2. The molecule has 37 heavy (non-hydrogen) atoms. The van der Waals surface area contributed by atoms with E-state index in [2.05, 4.69) is 20.6 Å². The number of halogens is 3. The van der Waals surface area contributed by atoms with E-state index >= 15 is 0 Å². The van der Waals surface area contributed by atoms with E-state index in [1.165, 1.54) is 50.0 Å². The van der Waals surface area contributed by atoms with E-state index in [-0.39, 0.29) is 22.8 Å². The molecule has 3 N–H and O–H groups in total. The van der Waals surface area contributed by atoms with Crippen LogP contribution >= 0.6 is 0 Å². The summed E-state index contributed by atoms with van der Waals surface area (Å²) >= 11 is 0. The number of alkyl halides is 3. The summed E-state index contributed by atoms with van der Waals surface area (Å²) in [6.45, 7) is 1.68. The Balaban J connectivity index is 1.40. The number of hydrogen-bond acceptors (Lipinski definition) is 7. The zero-order chi connectivity index (χ0) is 26.8. The fourth-order valence-corrected chi connectivity index (χ4v) is 3.57. The molecule has 1 aliphatic rings. The van der Waals surface area contributed by atoms with E-state index in [9.17, 15) is 27.9 Å². The van der Waals surface area contributed by atoms with Crippen molar-refractivity contribution in [2.75, 3.05) is 7.11 Å². The molecule has 0 bridgehead atoms. The van der Waals surface area contributed by atoms with E-state index in [1.54, 1.807) is 6.92 Å². The van der Waals surface area contributed by atoms with Crippen LogP contribution in [0.3, 0.4) is 0 Å². The van der Waals surface area contributed by atoms with Crippen molar-refractivity contribution in [2.45, 2.75) is 37.5 Å². The minimum Gasteiger partial charge on any atom is -0.506 e. The van der Waals surface area contributed by atoms with Gasteiger partial charge in [0.15, 0.2) is 0 Å². The monoisotopic (exact) mass is 516 g/mol. The molecule has 1 fully saturated rings. The molecule has 194 valence electrons. The minimum atomic E-state index is -4.65. The van der Waals surface area contributed by atoms with E-state index in [0.29, 0.717) is 18.5 Å². The summed E-state index contributed by atoms with van der Waals surface area (Å²) in [5.41, 5.74) is -1.52. The molecule has 3 aromatic rings. The predicted octanol–water partition coefficient (Wildman–Crippen LogP) is 4.14. The molecule has 0 spiro atoms. The molecular weight excluding hydrogens is 493 g/mol. The number of carbonyl (C=O) groups is 2. The maximum Gasteiger partial charge on any atom is 0.420 e. The lowest BCUT2D eigenvalue weighted by Crippen LogP contribution is -2.49. The quantitative estimate of drug-likeness (QED) is 0.411. The van der Waals surface area contributed by atoms with E-state index < -0.39 is 40.9 Å². The highest BCUT2D eigenvalue weighted by atomic mass is 19.4. The van der Waals surface area contributed by atoms with E-state index in [4.69, 9.17) is 9.47 Å². The number of nitrogens with zero attached hydrogens (tertiary/aromatic N) is 2. The SMILES string of the molecule is COc1ccc(Oc2ccc(C(C)NC(=O)C3(NC(=O)c4cncc(O)c4)CC3)nc2)c(C(F)(F)F)c1. The standard InChI is InChI=1S/C25H23F3N4O5/c1-14(31-23(35)24(7-8-24)32-22(34)15-9-16(33)12-29-11-15)20-5-3-18(13-30-20)37-21-6-4-17(36-2)10-19(21)25(26,27)28/h3-6,9-14,33H,7-8H2,1-2H3,(H,31,35)(H,32,34). The third-order valence-corrected chi connectivity index (χ3v) is 5.79. The third-order valence-electron chi connectivity index (χ3n) is 5.79. The van der Waals surface area contributed by atoms with Gasteiger partial charge in [0.2, 0.25) is 5.91 Å². The van der Waals surface area contributed by atoms with Crippen LogP contribution in [0.5, 0.6) is 23.0 Å². The number of amides is 2. The van der Waals surface area contributed by atoms with Gasteiger partial charge in [-0.3, -0.25) is 19.6 Å². The lowest BCUT2D eigenvalue weighted by Gasteiger charge is -2.21. The molecule has 1 saturated carbocycles. The Kier molecular flexibility index (Phi) is 6.92. The van der Waals surface area contributed by atoms with Crippen molar-refractivity contribution >= 4 is 11.8 Å². The highest BCUT2D eigenvalue weighted by Crippen LogP contribution is 2.40. The number of carbonyl (C=O) groups excluding carboxylic acids is 2. The Bertz CT molecular complexity index is 1310. The Morgan fingerprint density at radius 2 is 1.81 bits per heavy atom. The van der Waals surface area contributed by atoms with Gasteiger partial charge in [-0.05, 0) is 56.2 Å². The van der Waals surface area contributed by atoms with Gasteiger partial charge in [-0.1, -0.05) is 0 Å². The molecule has 1 unspecified atom stereocenters. The molecule has 12 heteroatoms. The zero-order valence-electron chi connectivity index (χ0n) is 19.8. The van der Waals surface area contributed by atoms with Gasteiger partial charge in [0, 0.05) is 6.20 Å². The Morgan fingerprint density at radius 3 is 2.41 bits per heavy atom. The first-order chi connectivity index (χ1) is 17.5. The summed E-state index contributed by atoms with van der Waals surface area (Å²) in [4.78, 5) is 33.3. The lowest BCUT2D eigenvalue weighted by atomic mass is 10.1. The molecule has 1 aliphatic carbocycles. The number of methoxy groups -OCH3 is 1. The first kappa shape index (κ1) is 25.7. The van der Waals surface area contributed by atoms with Crippen LogP contribution in [0.15, 0.2) is 55.0 Å². The van der Waals surface area contributed by atoms with Crippen LogP contribution in [0.25, 0.3) is 0 Å². The molecule has 2 aromatic heterocycles. The number of aromatic hydroxyl groups is 1. The van der Waals surface area contributed by atoms with Crippen molar-refractivity contribution < 1.29 is 37.3 Å². The van der Waals surface area contributed by atoms with Crippen molar-refractivity contribution in [2.24, 2.45) is 0 Å². The summed E-state index contributed by atoms with van der Waals surface area (Å²) in [5, 5.41) is 15.0. The summed E-state index contributed by atoms with van der Waals surface area (Å²) < 4.78 is 50.5. The highest BCUT2D eigenvalue weighted by molar-refractivity contribution is 6.00. The predicted molar refractivity (Wildman–Crippen MR) is 124 cm³/mol. The number of nitrogens with one attached hydrogen (secondary N) is 2. The number of hydrogen-bond donors (Lipinski definition) is 3. The molecule has 2 amide bonds. The fraction of sp³-hybridized carbons (Fsp3) is 0.280. The maximum absolute atomic E-state index is 13.4. The van der Waals surface area contributed by atoms with E-state index in [1.807, 2.05) is 0 Å². The van der Waals surface area contributed by atoms with Crippen LogP contribution in [0.4, 0.5) is 13.2 Å². The second-order valence-electron chi connectivity index (χ2n) is 8.54. The van der Waals surface area contributed by atoms with Gasteiger partial charge in [-0.15, -0.1) is 0 Å². The molecule has 4 rings (SSSR count). The number of rotatable bonds is 8. The largest absolute Gasteiger partial charge is 0.506 e. The first-order valence-corrected chi connectivity index (χ1v) is 11.2. The summed E-state index contributed by atoms with van der Waals surface area (Å²) in [6.07, 6.45) is -0.0513. The van der Waals surface area contributed by atoms with Crippen molar-refractivity contribution in [3.8, 4) is 23.0 Å². The second kappa shape index (κ2) is 9.96. The van der Waals surface area contributed by atoms with Gasteiger partial charge >= 0.3 is 6.18 Å². The Morgan fingerprint density at radius 1 is 1.08 bits per heavy atom. The van der Waals surface area contributed by atoms with Crippen molar-refractivity contribution in [1.29, 1.82) is 0 Å². The number of ether oxygens (including phenoxy) is 2. The summed E-state index contributed by atoms with van der Waals surface area (Å²) in [5.74, 6) is -1.41. The number of aromatic nitrogens is 2. The van der Waals surface area contributed by atoms with Crippen molar-refractivity contribution in [1.82, 2.24) is 20.6 Å². The molecule has 0 aliphatic heterocycles. The van der Waals surface area contributed by atoms with Crippen LogP contribution in [0.1, 0.15) is 47.4 Å². The minimum absolute atomic E-state index is 0.0425. The summed E-state index contributed by atoms with van der Waals surface area (Å²) in [7, 11) is 1.27. The molecule has 0 saturated heterocycles. The fourth-order valence-electron chi connectivity index (χ4n) is 3.57. The second-order valence-corrected chi connectivity index (χ2v) is 8.54. The van der Waals surface area contributed by atoms with Gasteiger partial charge in [-0.25, -0.2) is 0 Å². The average molecular weight is 516 g/mol. The first-order valence-electron chi connectivity index (χ1n) is 11.2. The van der Waals surface area contributed by atoms with Crippen LogP contribution in [-0.2, 0) is 11.0 Å². The molecule has 1 atom stereocenters. The zero-order valence-corrected chi connectivity index (χ0v) is 19.8. The summed E-state index contributed by atoms with van der Waals surface area (Å²) in [6, 6.07) is 7.01.